The van der Waals surface area contributed by atoms with Crippen molar-refractivity contribution < 1.29 is 19.2 Å². The van der Waals surface area contributed by atoms with E-state index >= 15 is 0 Å². The van der Waals surface area contributed by atoms with Crippen LogP contribution in [0.3, 0.4) is 0 Å². The van der Waals surface area contributed by atoms with Crippen LogP contribution in [0.25, 0.3) is 0 Å². The first-order valence-electron chi connectivity index (χ1n) is 6.48. The minimum Gasteiger partial charge on any atom is -0.481 e. The van der Waals surface area contributed by atoms with Gasteiger partial charge in [-0.2, -0.15) is 0 Å². The maximum absolute atomic E-state index is 11.3. The van der Waals surface area contributed by atoms with E-state index in [1.807, 2.05) is 5.01 Å². The van der Waals surface area contributed by atoms with Crippen molar-refractivity contribution in [3.63, 3.8) is 0 Å². The molecule has 0 aliphatic carbocycles. The van der Waals surface area contributed by atoms with E-state index in [0.717, 1.165) is 0 Å². The minimum atomic E-state index is -0.483. The summed E-state index contributed by atoms with van der Waals surface area (Å²) in [6, 6.07) is 2.83. The third kappa shape index (κ3) is 2.88. The second-order valence-corrected chi connectivity index (χ2v) is 4.67. The maximum Gasteiger partial charge on any atom is 0.297 e. The number of anilines is 2. The van der Waals surface area contributed by atoms with Gasteiger partial charge in [0.05, 0.1) is 29.9 Å². The minimum absolute atomic E-state index is 0.101. The molecule has 0 radical (unpaired) electrons. The zero-order valence-corrected chi connectivity index (χ0v) is 11.1. The number of hydrogen-bond donors (Lipinski definition) is 2. The number of ether oxygens (including phenoxy) is 2. The predicted octanol–water partition coefficient (Wildman–Crippen LogP) is 0.585. The van der Waals surface area contributed by atoms with Gasteiger partial charge in [-0.3, -0.25) is 14.9 Å². The number of rotatable bonds is 3. The first kappa shape index (κ1) is 13.6. The van der Waals surface area contributed by atoms with Gasteiger partial charge < -0.3 is 20.2 Å². The molecule has 112 valence electrons. The fourth-order valence-electron chi connectivity index (χ4n) is 2.20. The number of carbonyl (C=O) groups is 1. The Morgan fingerprint density at radius 2 is 2.10 bits per heavy atom. The van der Waals surface area contributed by atoms with Gasteiger partial charge in [0.2, 0.25) is 0 Å². The van der Waals surface area contributed by atoms with Gasteiger partial charge in [-0.05, 0) is 6.07 Å². The molecule has 2 aliphatic heterocycles. The van der Waals surface area contributed by atoms with Gasteiger partial charge in [0, 0.05) is 13.1 Å². The molecule has 3 rings (SSSR count). The molecule has 9 heteroatoms. The van der Waals surface area contributed by atoms with E-state index in [1.165, 1.54) is 12.1 Å². The maximum atomic E-state index is 11.3. The van der Waals surface area contributed by atoms with Crippen LogP contribution in [-0.2, 0) is 9.53 Å². The second kappa shape index (κ2) is 5.54. The molecular formula is C12H14N4O5. The summed E-state index contributed by atoms with van der Waals surface area (Å²) in [6.45, 7) is 2.23. The number of morpholine rings is 1. The molecular weight excluding hydrogens is 280 g/mol. The highest BCUT2D eigenvalue weighted by molar-refractivity contribution is 5.96. The third-order valence-electron chi connectivity index (χ3n) is 3.22. The monoisotopic (exact) mass is 294 g/mol. The quantitative estimate of drug-likeness (QED) is 0.620. The summed E-state index contributed by atoms with van der Waals surface area (Å²) >= 11 is 0. The molecule has 0 aromatic heterocycles. The SMILES string of the molecule is O=C1COc2cc([N+](=O)[O-])c(NN3CCOCC3)cc2N1. The summed E-state index contributed by atoms with van der Waals surface area (Å²) in [6.07, 6.45) is 0. The van der Waals surface area contributed by atoms with E-state index in [-0.39, 0.29) is 18.2 Å². The fraction of sp³-hybridized carbons (Fsp3) is 0.417. The molecule has 0 saturated carbocycles. The molecule has 1 aromatic rings. The molecule has 9 nitrogen and oxygen atoms in total. The Morgan fingerprint density at radius 1 is 1.33 bits per heavy atom. The van der Waals surface area contributed by atoms with Crippen LogP contribution in [0.2, 0.25) is 0 Å². The average molecular weight is 294 g/mol. The summed E-state index contributed by atoms with van der Waals surface area (Å²) in [5.41, 5.74) is 3.64. The van der Waals surface area contributed by atoms with E-state index in [4.69, 9.17) is 9.47 Å². The van der Waals surface area contributed by atoms with Crippen molar-refractivity contribution in [3.05, 3.63) is 22.2 Å². The van der Waals surface area contributed by atoms with Crippen LogP contribution in [0.1, 0.15) is 0 Å². The molecule has 1 saturated heterocycles. The molecule has 1 amide bonds. The Kier molecular flexibility index (Phi) is 3.59. The van der Waals surface area contributed by atoms with Crippen LogP contribution in [-0.4, -0.2) is 48.7 Å². The number of nitro groups is 1. The van der Waals surface area contributed by atoms with Gasteiger partial charge >= 0.3 is 0 Å². The molecule has 1 aromatic carbocycles. The van der Waals surface area contributed by atoms with Gasteiger partial charge in [-0.15, -0.1) is 0 Å². The highest BCUT2D eigenvalue weighted by atomic mass is 16.6. The highest BCUT2D eigenvalue weighted by Gasteiger charge is 2.25. The van der Waals surface area contributed by atoms with E-state index in [1.54, 1.807) is 0 Å². The van der Waals surface area contributed by atoms with Crippen molar-refractivity contribution >= 4 is 23.0 Å². The van der Waals surface area contributed by atoms with Crippen molar-refractivity contribution in [2.45, 2.75) is 0 Å². The van der Waals surface area contributed by atoms with Crippen molar-refractivity contribution in [1.29, 1.82) is 0 Å². The zero-order chi connectivity index (χ0) is 14.8. The van der Waals surface area contributed by atoms with Crippen LogP contribution in [0, 0.1) is 10.1 Å². The van der Waals surface area contributed by atoms with Crippen LogP contribution in [0.5, 0.6) is 5.75 Å². The summed E-state index contributed by atoms with van der Waals surface area (Å²) < 4.78 is 10.4. The normalized spacial score (nSPS) is 18.4. The van der Waals surface area contributed by atoms with Gasteiger partial charge in [0.25, 0.3) is 11.6 Å². The lowest BCUT2D eigenvalue weighted by atomic mass is 10.2. The number of nitrogens with zero attached hydrogens (tertiary/aromatic N) is 2. The molecule has 2 aliphatic rings. The molecule has 2 heterocycles. The first-order valence-corrected chi connectivity index (χ1v) is 6.48. The number of nitrogens with one attached hydrogen (secondary N) is 2. The standard InChI is InChI=1S/C12H14N4O5/c17-12-7-21-11-6-10(16(18)19)8(5-9(11)13-12)14-15-1-3-20-4-2-15/h5-6,14H,1-4,7H2,(H,13,17). The first-order chi connectivity index (χ1) is 10.1. The van der Waals surface area contributed by atoms with Gasteiger partial charge in [0.15, 0.2) is 12.4 Å². The Hall–Kier alpha value is -2.39. The smallest absolute Gasteiger partial charge is 0.297 e. The van der Waals surface area contributed by atoms with Crippen molar-refractivity contribution in [2.75, 3.05) is 43.7 Å². The number of amides is 1. The van der Waals surface area contributed by atoms with Gasteiger partial charge in [0.1, 0.15) is 5.69 Å². The summed E-state index contributed by atoms with van der Waals surface area (Å²) in [7, 11) is 0. The van der Waals surface area contributed by atoms with E-state index in [9.17, 15) is 14.9 Å². The molecule has 2 N–H and O–H groups in total. The molecule has 0 spiro atoms. The summed E-state index contributed by atoms with van der Waals surface area (Å²) in [5, 5.41) is 15.7. The van der Waals surface area contributed by atoms with E-state index in [2.05, 4.69) is 10.7 Å². The number of nitro benzene ring substituents is 1. The Balaban J connectivity index is 1.91. The van der Waals surface area contributed by atoms with Crippen molar-refractivity contribution in [1.82, 2.24) is 5.01 Å². The lowest BCUT2D eigenvalue weighted by Crippen LogP contribution is -2.40. The molecule has 0 unspecified atom stereocenters. The van der Waals surface area contributed by atoms with Crippen LogP contribution < -0.4 is 15.5 Å². The van der Waals surface area contributed by atoms with Crippen LogP contribution in [0.15, 0.2) is 12.1 Å². The average Bonchev–Trinajstić information content (AvgIpc) is 2.47. The Morgan fingerprint density at radius 3 is 2.81 bits per heavy atom. The number of hydrogen-bond acceptors (Lipinski definition) is 7. The predicted molar refractivity (Wildman–Crippen MR) is 73.2 cm³/mol. The third-order valence-corrected chi connectivity index (χ3v) is 3.22. The van der Waals surface area contributed by atoms with E-state index in [0.29, 0.717) is 43.4 Å². The second-order valence-electron chi connectivity index (χ2n) is 4.67. The topological polar surface area (TPSA) is 106 Å². The van der Waals surface area contributed by atoms with Crippen LogP contribution in [0.4, 0.5) is 17.1 Å². The summed E-state index contributed by atoms with van der Waals surface area (Å²) in [4.78, 5) is 22.0. The van der Waals surface area contributed by atoms with Crippen LogP contribution >= 0.6 is 0 Å². The largest absolute Gasteiger partial charge is 0.481 e. The Labute approximate surface area is 119 Å². The lowest BCUT2D eigenvalue weighted by Gasteiger charge is -2.28. The lowest BCUT2D eigenvalue weighted by molar-refractivity contribution is -0.384. The number of fused-ring (bicyclic) bond motifs is 1. The summed E-state index contributed by atoms with van der Waals surface area (Å²) in [5.74, 6) is 0.0162. The van der Waals surface area contributed by atoms with Crippen molar-refractivity contribution in [2.24, 2.45) is 0 Å². The van der Waals surface area contributed by atoms with E-state index < -0.39 is 4.92 Å². The number of benzene rings is 1. The van der Waals surface area contributed by atoms with Gasteiger partial charge in [-0.1, -0.05) is 0 Å². The van der Waals surface area contributed by atoms with Gasteiger partial charge in [-0.25, -0.2) is 5.01 Å². The van der Waals surface area contributed by atoms with Crippen molar-refractivity contribution in [3.8, 4) is 5.75 Å². The molecule has 0 atom stereocenters. The molecule has 0 bridgehead atoms. The molecule has 1 fully saturated rings. The molecule has 21 heavy (non-hydrogen) atoms. The highest BCUT2D eigenvalue weighted by Crippen LogP contribution is 2.38. The Bertz CT molecular complexity index is 585. The number of hydrazine groups is 1. The number of carbonyl (C=O) groups excluding carboxylic acids is 1. The fourth-order valence-corrected chi connectivity index (χ4v) is 2.20. The zero-order valence-electron chi connectivity index (χ0n) is 11.1.